The zero-order chi connectivity index (χ0) is 11.3. The highest BCUT2D eigenvalue weighted by Crippen LogP contribution is 2.04. The van der Waals surface area contributed by atoms with Crippen molar-refractivity contribution in [3.8, 4) is 0 Å². The van der Waals surface area contributed by atoms with Gasteiger partial charge in [0.1, 0.15) is 4.90 Å². The highest BCUT2D eigenvalue weighted by Gasteiger charge is 2.14. The molecule has 0 saturated heterocycles. The Morgan fingerprint density at radius 2 is 2.12 bits per heavy atom. The number of sulfonamides is 1. The van der Waals surface area contributed by atoms with Crippen molar-refractivity contribution in [2.45, 2.75) is 11.8 Å². The van der Waals surface area contributed by atoms with E-state index in [1.165, 1.54) is 17.1 Å². The first-order chi connectivity index (χ1) is 7.06. The molecule has 0 aliphatic carbocycles. The molecule has 0 radical (unpaired) electrons. The van der Waals surface area contributed by atoms with Crippen LogP contribution in [0, 0.1) is 0 Å². The Morgan fingerprint density at radius 3 is 2.62 bits per heavy atom. The first-order valence-electron chi connectivity index (χ1n) is 4.75. The lowest BCUT2D eigenvalue weighted by Gasteiger charge is -2.04. The van der Waals surface area contributed by atoms with Crippen molar-refractivity contribution in [3.05, 3.63) is 12.4 Å². The molecular weight excluding hydrogens is 252 g/mol. The topological polar surface area (TPSA) is 76.0 Å². The number of rotatable bonds is 6. The average molecular weight is 269 g/mol. The number of likely N-dealkylation sites (N-methyl/N-ethyl adjacent to an activating group) is 1. The zero-order valence-corrected chi connectivity index (χ0v) is 10.9. The maximum Gasteiger partial charge on any atom is 0.243 e. The molecule has 1 heterocycles. The maximum atomic E-state index is 11.6. The normalized spacial score (nSPS) is 11.1. The molecule has 0 aliphatic rings. The van der Waals surface area contributed by atoms with E-state index in [-0.39, 0.29) is 17.3 Å². The van der Waals surface area contributed by atoms with Crippen LogP contribution in [0.15, 0.2) is 17.3 Å². The van der Waals surface area contributed by atoms with E-state index in [1.54, 1.807) is 7.05 Å². The van der Waals surface area contributed by atoms with E-state index < -0.39 is 10.0 Å². The van der Waals surface area contributed by atoms with Crippen molar-refractivity contribution in [2.75, 3.05) is 19.6 Å². The van der Waals surface area contributed by atoms with Gasteiger partial charge in [0.25, 0.3) is 0 Å². The number of aryl methyl sites for hydroxylation is 1. The minimum absolute atomic E-state index is 0. The summed E-state index contributed by atoms with van der Waals surface area (Å²) in [6, 6.07) is 0. The molecule has 94 valence electrons. The summed E-state index contributed by atoms with van der Waals surface area (Å²) in [6.45, 7) is 3.80. The summed E-state index contributed by atoms with van der Waals surface area (Å²) >= 11 is 0. The third-order valence-corrected chi connectivity index (χ3v) is 3.25. The van der Waals surface area contributed by atoms with Crippen molar-refractivity contribution < 1.29 is 8.42 Å². The summed E-state index contributed by atoms with van der Waals surface area (Å²) in [6.07, 6.45) is 2.80. The fraction of sp³-hybridized carbons (Fsp3) is 0.625. The first kappa shape index (κ1) is 15.4. The minimum atomic E-state index is -3.39. The van der Waals surface area contributed by atoms with Crippen molar-refractivity contribution in [2.24, 2.45) is 7.05 Å². The van der Waals surface area contributed by atoms with Crippen LogP contribution in [0.1, 0.15) is 6.92 Å². The molecule has 0 saturated carbocycles. The van der Waals surface area contributed by atoms with E-state index >= 15 is 0 Å². The van der Waals surface area contributed by atoms with Gasteiger partial charge >= 0.3 is 0 Å². The molecule has 8 heteroatoms. The molecule has 0 aliphatic heterocycles. The van der Waals surface area contributed by atoms with E-state index in [9.17, 15) is 8.42 Å². The summed E-state index contributed by atoms with van der Waals surface area (Å²) in [7, 11) is -1.72. The van der Waals surface area contributed by atoms with Crippen molar-refractivity contribution >= 4 is 22.4 Å². The molecule has 0 atom stereocenters. The van der Waals surface area contributed by atoms with Gasteiger partial charge in [0.05, 0.1) is 6.20 Å². The Bertz CT molecular complexity index is 404. The average Bonchev–Trinajstić information content (AvgIpc) is 2.60. The van der Waals surface area contributed by atoms with Crippen molar-refractivity contribution in [1.82, 2.24) is 19.8 Å². The van der Waals surface area contributed by atoms with Crippen LogP contribution in [0.5, 0.6) is 0 Å². The Hall–Kier alpha value is -0.630. The molecule has 0 amide bonds. The highest BCUT2D eigenvalue weighted by atomic mass is 35.5. The highest BCUT2D eigenvalue weighted by molar-refractivity contribution is 7.89. The van der Waals surface area contributed by atoms with Gasteiger partial charge < -0.3 is 5.32 Å². The quantitative estimate of drug-likeness (QED) is 0.697. The lowest BCUT2D eigenvalue weighted by Crippen LogP contribution is -2.31. The van der Waals surface area contributed by atoms with Crippen LogP contribution in [-0.4, -0.2) is 37.8 Å². The van der Waals surface area contributed by atoms with Gasteiger partial charge in [0.2, 0.25) is 10.0 Å². The third-order valence-electron chi connectivity index (χ3n) is 1.84. The lowest BCUT2D eigenvalue weighted by atomic mass is 10.6. The van der Waals surface area contributed by atoms with Gasteiger partial charge in [0.15, 0.2) is 0 Å². The van der Waals surface area contributed by atoms with Gasteiger partial charge in [-0.2, -0.15) is 5.10 Å². The number of hydrogen-bond donors (Lipinski definition) is 2. The van der Waals surface area contributed by atoms with Gasteiger partial charge in [-0.15, -0.1) is 12.4 Å². The predicted octanol–water partition coefficient (Wildman–Crippen LogP) is -0.270. The molecule has 6 nitrogen and oxygen atoms in total. The summed E-state index contributed by atoms with van der Waals surface area (Å²) in [5, 5.41) is 6.84. The van der Waals surface area contributed by atoms with E-state index in [2.05, 4.69) is 15.1 Å². The molecule has 0 aromatic carbocycles. The van der Waals surface area contributed by atoms with Gasteiger partial charge in [-0.25, -0.2) is 13.1 Å². The predicted molar refractivity (Wildman–Crippen MR) is 64.2 cm³/mol. The van der Waals surface area contributed by atoms with Crippen molar-refractivity contribution in [1.29, 1.82) is 0 Å². The lowest BCUT2D eigenvalue weighted by molar-refractivity contribution is 0.577. The first-order valence-corrected chi connectivity index (χ1v) is 6.23. The second kappa shape index (κ2) is 6.85. The minimum Gasteiger partial charge on any atom is -0.316 e. The van der Waals surface area contributed by atoms with E-state index in [1.807, 2.05) is 6.92 Å². The maximum absolute atomic E-state index is 11.6. The summed E-state index contributed by atoms with van der Waals surface area (Å²) in [5.74, 6) is 0. The van der Waals surface area contributed by atoms with Crippen LogP contribution in [0.25, 0.3) is 0 Å². The van der Waals surface area contributed by atoms with E-state index in [0.717, 1.165) is 6.54 Å². The standard InChI is InChI=1S/C8H16N4O2S.ClH/c1-3-9-4-5-11-15(13,14)8-6-10-12(2)7-8;/h6-7,9,11H,3-5H2,1-2H3;1H. The Labute approximate surface area is 102 Å². The third kappa shape index (κ3) is 4.48. The largest absolute Gasteiger partial charge is 0.316 e. The summed E-state index contributed by atoms with van der Waals surface area (Å²) in [4.78, 5) is 0.196. The molecule has 0 unspecified atom stereocenters. The van der Waals surface area contributed by atoms with E-state index in [4.69, 9.17) is 0 Å². The number of halogens is 1. The fourth-order valence-electron chi connectivity index (χ4n) is 1.07. The van der Waals surface area contributed by atoms with Crippen LogP contribution in [-0.2, 0) is 17.1 Å². The number of nitrogens with zero attached hydrogens (tertiary/aromatic N) is 2. The zero-order valence-electron chi connectivity index (χ0n) is 9.30. The number of nitrogens with one attached hydrogen (secondary N) is 2. The molecule has 2 N–H and O–H groups in total. The van der Waals surface area contributed by atoms with Gasteiger partial charge in [-0.3, -0.25) is 4.68 Å². The van der Waals surface area contributed by atoms with Crippen molar-refractivity contribution in [3.63, 3.8) is 0 Å². The Balaban J connectivity index is 0.00000225. The van der Waals surface area contributed by atoms with Gasteiger partial charge in [-0.05, 0) is 6.54 Å². The smallest absolute Gasteiger partial charge is 0.243 e. The molecule has 0 bridgehead atoms. The van der Waals surface area contributed by atoms with Crippen LogP contribution in [0.2, 0.25) is 0 Å². The van der Waals surface area contributed by atoms with Crippen LogP contribution < -0.4 is 10.0 Å². The molecular formula is C8H17ClN4O2S. The van der Waals surface area contributed by atoms with Crippen LogP contribution in [0.4, 0.5) is 0 Å². The number of hydrogen-bond acceptors (Lipinski definition) is 4. The Morgan fingerprint density at radius 1 is 1.44 bits per heavy atom. The summed E-state index contributed by atoms with van der Waals surface area (Å²) < 4.78 is 27.2. The van der Waals surface area contributed by atoms with Gasteiger partial charge in [-0.1, -0.05) is 6.92 Å². The van der Waals surface area contributed by atoms with Crippen LogP contribution >= 0.6 is 12.4 Å². The number of aromatic nitrogens is 2. The second-order valence-corrected chi connectivity index (χ2v) is 4.87. The van der Waals surface area contributed by atoms with Crippen LogP contribution in [0.3, 0.4) is 0 Å². The fourth-order valence-corrected chi connectivity index (χ4v) is 2.09. The van der Waals surface area contributed by atoms with E-state index in [0.29, 0.717) is 13.1 Å². The SMILES string of the molecule is CCNCCNS(=O)(=O)c1cnn(C)c1.Cl. The molecule has 0 spiro atoms. The molecule has 1 aromatic heterocycles. The molecule has 1 aromatic rings. The molecule has 1 rings (SSSR count). The second-order valence-electron chi connectivity index (χ2n) is 3.10. The monoisotopic (exact) mass is 268 g/mol. The summed E-state index contributed by atoms with van der Waals surface area (Å²) in [5.41, 5.74) is 0. The van der Waals surface area contributed by atoms with Gasteiger partial charge in [0, 0.05) is 26.3 Å². The Kier molecular flexibility index (Phi) is 6.58. The molecule has 0 fully saturated rings. The molecule has 16 heavy (non-hydrogen) atoms.